The summed E-state index contributed by atoms with van der Waals surface area (Å²) in [5.74, 6) is 0.448. The largest absolute Gasteiger partial charge is 0.465 e. The lowest BCUT2D eigenvalue weighted by atomic mass is 9.69. The van der Waals surface area contributed by atoms with Crippen molar-refractivity contribution in [1.82, 2.24) is 30.8 Å². The lowest BCUT2D eigenvalue weighted by Crippen LogP contribution is -2.50. The van der Waals surface area contributed by atoms with Crippen LogP contribution < -0.4 is 5.32 Å². The zero-order valence-electron chi connectivity index (χ0n) is 20.7. The Bertz CT molecular complexity index is 840. The van der Waals surface area contributed by atoms with Crippen LogP contribution in [0.1, 0.15) is 59.6 Å². The van der Waals surface area contributed by atoms with Crippen molar-refractivity contribution in [3.63, 3.8) is 0 Å². The number of aromatic nitrogens is 4. The van der Waals surface area contributed by atoms with Gasteiger partial charge in [0.05, 0.1) is 14.4 Å². The van der Waals surface area contributed by atoms with Gasteiger partial charge in [0.1, 0.15) is 18.7 Å². The number of tetrazole rings is 1. The zero-order valence-corrected chi connectivity index (χ0v) is 19.7. The van der Waals surface area contributed by atoms with E-state index < -0.39 is 24.1 Å². The SMILES string of the molecule is [2H][C@@]1(C(=O)O[C@@H](C)CC(=O)N(C)CC(=O)OCC)C[C@H]2C[C@@H](CCc3nn[nH]n3)CC[C@H]2CN1. The fraction of sp³-hybridized carbons (Fsp3) is 0.818. The lowest BCUT2D eigenvalue weighted by molar-refractivity contribution is -0.156. The third kappa shape index (κ3) is 7.48. The van der Waals surface area contributed by atoms with E-state index in [-0.39, 0.29) is 31.4 Å². The second-order valence-corrected chi connectivity index (χ2v) is 9.10. The number of aryl methyl sites for hydroxylation is 1. The summed E-state index contributed by atoms with van der Waals surface area (Å²) in [4.78, 5) is 38.0. The highest BCUT2D eigenvalue weighted by Gasteiger charge is 2.38. The molecule has 0 bridgehead atoms. The van der Waals surface area contributed by atoms with Gasteiger partial charge in [0.25, 0.3) is 0 Å². The second-order valence-electron chi connectivity index (χ2n) is 9.10. The van der Waals surface area contributed by atoms with E-state index >= 15 is 0 Å². The summed E-state index contributed by atoms with van der Waals surface area (Å²) < 4.78 is 19.1. The summed E-state index contributed by atoms with van der Waals surface area (Å²) in [6.07, 6.45) is 4.49. The Balaban J connectivity index is 1.47. The van der Waals surface area contributed by atoms with Crippen molar-refractivity contribution in [1.29, 1.82) is 0 Å². The van der Waals surface area contributed by atoms with Gasteiger partial charge in [-0.3, -0.25) is 14.4 Å². The summed E-state index contributed by atoms with van der Waals surface area (Å²) in [6.45, 7) is 4.01. The quantitative estimate of drug-likeness (QED) is 0.482. The van der Waals surface area contributed by atoms with Gasteiger partial charge in [0.2, 0.25) is 5.91 Å². The highest BCUT2D eigenvalue weighted by molar-refractivity contribution is 5.82. The number of esters is 2. The Hall–Kier alpha value is -2.56. The number of hydrogen-bond acceptors (Lipinski definition) is 9. The van der Waals surface area contributed by atoms with Crippen molar-refractivity contribution in [3.05, 3.63) is 5.82 Å². The van der Waals surface area contributed by atoms with Gasteiger partial charge < -0.3 is 19.7 Å². The van der Waals surface area contributed by atoms with Crippen molar-refractivity contribution >= 4 is 17.8 Å². The highest BCUT2D eigenvalue weighted by Crippen LogP contribution is 2.40. The molecule has 0 radical (unpaired) electrons. The number of rotatable bonds is 10. The molecule has 2 N–H and O–H groups in total. The first-order valence-electron chi connectivity index (χ1n) is 12.3. The molecule has 1 aromatic rings. The van der Waals surface area contributed by atoms with Crippen molar-refractivity contribution < 1.29 is 25.2 Å². The fourth-order valence-electron chi connectivity index (χ4n) is 4.76. The molecule has 1 saturated heterocycles. The summed E-state index contributed by atoms with van der Waals surface area (Å²) in [5, 5.41) is 17.2. The Kier molecular flexibility index (Phi) is 8.62. The van der Waals surface area contributed by atoms with Crippen LogP contribution in [0.5, 0.6) is 0 Å². The number of carbonyl (C=O) groups excluding carboxylic acids is 3. The third-order valence-corrected chi connectivity index (χ3v) is 6.57. The standard InChI is InChI=1S/C22H36N6O5/c1-4-32-21(30)13-28(3)20(29)9-14(2)33-22(31)18-11-17-10-15(5-7-16(17)12-23-18)6-8-19-24-26-27-25-19/h14-18,23H,4-13H2,1-3H3,(H,24,25,26,27)/t14-,15+,16-,17+,18-/m0/s1/i18D. The molecule has 0 unspecified atom stereocenters. The summed E-state index contributed by atoms with van der Waals surface area (Å²) in [6, 6.07) is -1.52. The number of likely N-dealkylation sites (N-methyl/N-ethyl adjacent to an activating group) is 1. The molecule has 184 valence electrons. The molecule has 2 aliphatic rings. The number of fused-ring (bicyclic) bond motifs is 1. The van der Waals surface area contributed by atoms with E-state index in [4.69, 9.17) is 10.8 Å². The monoisotopic (exact) mass is 465 g/mol. The zero-order chi connectivity index (χ0) is 24.7. The number of nitrogens with zero attached hydrogens (tertiary/aromatic N) is 4. The first kappa shape index (κ1) is 23.6. The molecule has 33 heavy (non-hydrogen) atoms. The number of amides is 1. The van der Waals surface area contributed by atoms with Crippen molar-refractivity contribution in [3.8, 4) is 0 Å². The van der Waals surface area contributed by atoms with Crippen LogP contribution in [-0.4, -0.2) is 82.2 Å². The van der Waals surface area contributed by atoms with E-state index in [9.17, 15) is 14.4 Å². The second kappa shape index (κ2) is 12.1. The summed E-state index contributed by atoms with van der Waals surface area (Å²) in [5.41, 5.74) is 0. The number of H-pyrrole nitrogens is 1. The number of aromatic amines is 1. The summed E-state index contributed by atoms with van der Waals surface area (Å²) >= 11 is 0. The molecule has 0 aromatic carbocycles. The van der Waals surface area contributed by atoms with E-state index in [1.54, 1.807) is 13.8 Å². The maximum atomic E-state index is 12.9. The molecule has 0 spiro atoms. The predicted octanol–water partition coefficient (Wildman–Crippen LogP) is 0.870. The van der Waals surface area contributed by atoms with Crippen LogP contribution in [0.3, 0.4) is 0 Å². The lowest BCUT2D eigenvalue weighted by Gasteiger charge is -2.42. The third-order valence-electron chi connectivity index (χ3n) is 6.57. The Morgan fingerprint density at radius 2 is 2.09 bits per heavy atom. The minimum absolute atomic E-state index is 0.0675. The van der Waals surface area contributed by atoms with Gasteiger partial charge in [-0.25, -0.2) is 0 Å². The Labute approximate surface area is 195 Å². The first-order chi connectivity index (χ1) is 16.2. The molecule has 11 nitrogen and oxygen atoms in total. The smallest absolute Gasteiger partial charge is 0.325 e. The van der Waals surface area contributed by atoms with E-state index in [1.807, 2.05) is 0 Å². The molecular formula is C22H36N6O5. The van der Waals surface area contributed by atoms with E-state index in [0.29, 0.717) is 30.6 Å². The van der Waals surface area contributed by atoms with Gasteiger partial charge in [-0.15, -0.1) is 10.2 Å². The first-order valence-corrected chi connectivity index (χ1v) is 11.8. The van der Waals surface area contributed by atoms with Gasteiger partial charge in [-0.2, -0.15) is 5.21 Å². The van der Waals surface area contributed by atoms with Gasteiger partial charge >= 0.3 is 11.9 Å². The predicted molar refractivity (Wildman–Crippen MR) is 118 cm³/mol. The van der Waals surface area contributed by atoms with Crippen LogP contribution in [0.15, 0.2) is 0 Å². The Morgan fingerprint density at radius 1 is 1.27 bits per heavy atom. The van der Waals surface area contributed by atoms with Gasteiger partial charge in [-0.05, 0) is 63.8 Å². The number of nitrogens with one attached hydrogen (secondary N) is 2. The average molecular weight is 466 g/mol. The van der Waals surface area contributed by atoms with Crippen LogP contribution in [0.2, 0.25) is 0 Å². The molecular weight excluding hydrogens is 428 g/mol. The molecule has 2 heterocycles. The minimum atomic E-state index is -1.52. The molecule has 1 amide bonds. The molecule has 1 aliphatic carbocycles. The van der Waals surface area contributed by atoms with E-state index in [0.717, 1.165) is 32.1 Å². The molecule has 1 aromatic heterocycles. The van der Waals surface area contributed by atoms with Crippen molar-refractivity contribution in [2.75, 3.05) is 26.7 Å². The molecule has 1 saturated carbocycles. The van der Waals surface area contributed by atoms with Gasteiger partial charge in [0.15, 0.2) is 5.82 Å². The number of hydrogen-bond donors (Lipinski definition) is 2. The number of carbonyl (C=O) groups is 3. The van der Waals surface area contributed by atoms with Crippen LogP contribution in [0.25, 0.3) is 0 Å². The fourth-order valence-corrected chi connectivity index (χ4v) is 4.76. The molecule has 5 atom stereocenters. The van der Waals surface area contributed by atoms with E-state index in [2.05, 4.69) is 25.9 Å². The van der Waals surface area contributed by atoms with Crippen LogP contribution in [0.4, 0.5) is 0 Å². The Morgan fingerprint density at radius 3 is 2.82 bits per heavy atom. The number of ether oxygens (including phenoxy) is 2. The van der Waals surface area contributed by atoms with Crippen LogP contribution in [0, 0.1) is 17.8 Å². The van der Waals surface area contributed by atoms with Gasteiger partial charge in [0, 0.05) is 13.5 Å². The number of piperidine rings is 1. The molecule has 3 rings (SSSR count). The maximum Gasteiger partial charge on any atom is 0.325 e. The van der Waals surface area contributed by atoms with Crippen molar-refractivity contribution in [2.24, 2.45) is 17.8 Å². The minimum Gasteiger partial charge on any atom is -0.465 e. The highest BCUT2D eigenvalue weighted by atomic mass is 16.5. The normalized spacial score (nSPS) is 28.2. The van der Waals surface area contributed by atoms with Crippen LogP contribution >= 0.6 is 0 Å². The average Bonchev–Trinajstić information content (AvgIpc) is 3.31. The molecule has 1 aliphatic heterocycles. The van der Waals surface area contributed by atoms with Gasteiger partial charge in [-0.1, -0.05) is 11.6 Å². The topological polar surface area (TPSA) is 139 Å². The molecule has 11 heteroatoms. The molecule has 2 fully saturated rings. The van der Waals surface area contributed by atoms with Crippen LogP contribution in [-0.2, 0) is 30.3 Å². The van der Waals surface area contributed by atoms with E-state index in [1.165, 1.54) is 11.9 Å². The van der Waals surface area contributed by atoms with Crippen molar-refractivity contribution in [2.45, 2.75) is 70.9 Å². The summed E-state index contributed by atoms with van der Waals surface area (Å²) in [7, 11) is 1.50. The maximum absolute atomic E-state index is 12.9.